The molecule has 5 nitrogen and oxygen atoms in total. The van der Waals surface area contributed by atoms with Gasteiger partial charge in [0, 0.05) is 46.1 Å². The van der Waals surface area contributed by atoms with Gasteiger partial charge in [-0.2, -0.15) is 0 Å². The molecule has 0 saturated heterocycles. The van der Waals surface area contributed by atoms with Gasteiger partial charge in [0.15, 0.2) is 5.78 Å². The minimum atomic E-state index is -0.456. The third-order valence-corrected chi connectivity index (χ3v) is 5.59. The molecular formula is C23H22ClN3O2. The Balaban J connectivity index is 1.79. The fraction of sp³-hybridized carbons (Fsp3) is 0.261. The summed E-state index contributed by atoms with van der Waals surface area (Å²) in [6, 6.07) is 11.1. The van der Waals surface area contributed by atoms with E-state index in [1.807, 2.05) is 44.2 Å². The summed E-state index contributed by atoms with van der Waals surface area (Å²) in [5, 5.41) is 6.78. The Morgan fingerprint density at radius 3 is 2.79 bits per heavy atom. The molecule has 0 fully saturated rings. The number of pyridine rings is 1. The van der Waals surface area contributed by atoms with E-state index in [0.29, 0.717) is 28.4 Å². The van der Waals surface area contributed by atoms with E-state index in [-0.39, 0.29) is 11.7 Å². The van der Waals surface area contributed by atoms with E-state index in [1.54, 1.807) is 12.3 Å². The lowest BCUT2D eigenvalue weighted by molar-refractivity contribution is -0.116. The maximum atomic E-state index is 13.3. The van der Waals surface area contributed by atoms with Gasteiger partial charge in [-0.3, -0.25) is 9.59 Å². The number of anilines is 1. The van der Waals surface area contributed by atoms with Crippen LogP contribution in [0.3, 0.4) is 0 Å². The van der Waals surface area contributed by atoms with Gasteiger partial charge >= 0.3 is 0 Å². The topological polar surface area (TPSA) is 71.1 Å². The second-order valence-electron chi connectivity index (χ2n) is 7.49. The number of nitrogens with zero attached hydrogens (tertiary/aromatic N) is 1. The molecule has 4 rings (SSSR count). The first kappa shape index (κ1) is 19.4. The quantitative estimate of drug-likeness (QED) is 0.776. The maximum absolute atomic E-state index is 13.3. The van der Waals surface area contributed by atoms with Gasteiger partial charge in [-0.15, -0.1) is 0 Å². The number of allylic oxidation sites excluding steroid dienone is 3. The van der Waals surface area contributed by atoms with Crippen LogP contribution in [-0.2, 0) is 9.59 Å². The van der Waals surface area contributed by atoms with E-state index < -0.39 is 5.92 Å². The molecule has 29 heavy (non-hydrogen) atoms. The zero-order chi connectivity index (χ0) is 20.5. The van der Waals surface area contributed by atoms with Crippen LogP contribution in [0.2, 0.25) is 5.02 Å². The highest BCUT2D eigenvalue weighted by Crippen LogP contribution is 2.42. The zero-order valence-corrected chi connectivity index (χ0v) is 17.1. The minimum Gasteiger partial charge on any atom is -0.362 e. The normalized spacial score (nSPS) is 19.0. The Morgan fingerprint density at radius 2 is 2.03 bits per heavy atom. The number of amides is 1. The molecule has 0 bridgehead atoms. The second kappa shape index (κ2) is 7.84. The first-order chi connectivity index (χ1) is 13.9. The molecule has 0 saturated carbocycles. The van der Waals surface area contributed by atoms with Crippen LogP contribution in [0.15, 0.2) is 65.1 Å². The number of Topliss-reactive ketones (excluding diaryl/α,β-unsaturated/α-hetero) is 1. The number of hydrogen-bond acceptors (Lipinski definition) is 4. The van der Waals surface area contributed by atoms with Gasteiger partial charge in [-0.1, -0.05) is 23.7 Å². The zero-order valence-electron chi connectivity index (χ0n) is 16.4. The molecule has 148 valence electrons. The summed E-state index contributed by atoms with van der Waals surface area (Å²) >= 11 is 6.24. The molecule has 0 radical (unpaired) electrons. The van der Waals surface area contributed by atoms with Crippen LogP contribution in [-0.4, -0.2) is 16.7 Å². The number of aromatic nitrogens is 1. The molecule has 0 unspecified atom stereocenters. The number of benzene rings is 1. The first-order valence-electron chi connectivity index (χ1n) is 9.67. The van der Waals surface area contributed by atoms with E-state index in [0.717, 1.165) is 35.4 Å². The third kappa shape index (κ3) is 3.83. The van der Waals surface area contributed by atoms with Gasteiger partial charge in [0.25, 0.3) is 5.91 Å². The Morgan fingerprint density at radius 1 is 1.21 bits per heavy atom. The lowest BCUT2D eigenvalue weighted by Crippen LogP contribution is -2.35. The SMILES string of the molecule is CC1=C(C(=O)Nc2cc(C)ccn2)[C@H](c2cccc(Cl)c2)C2=C(CCCC2=O)N1. The van der Waals surface area contributed by atoms with Crippen molar-refractivity contribution in [2.45, 2.75) is 39.0 Å². The Hall–Kier alpha value is -2.92. The first-order valence-corrected chi connectivity index (χ1v) is 10.1. The number of carbonyl (C=O) groups is 2. The highest BCUT2D eigenvalue weighted by molar-refractivity contribution is 6.30. The number of aryl methyl sites for hydroxylation is 1. The average Bonchev–Trinajstić information content (AvgIpc) is 2.67. The Kier molecular flexibility index (Phi) is 5.24. The fourth-order valence-corrected chi connectivity index (χ4v) is 4.29. The van der Waals surface area contributed by atoms with Crippen molar-refractivity contribution in [2.75, 3.05) is 5.32 Å². The van der Waals surface area contributed by atoms with Crippen molar-refractivity contribution >= 4 is 29.1 Å². The van der Waals surface area contributed by atoms with Crippen molar-refractivity contribution in [3.63, 3.8) is 0 Å². The molecule has 2 N–H and O–H groups in total. The van der Waals surface area contributed by atoms with Crippen molar-refractivity contribution in [2.24, 2.45) is 0 Å². The minimum absolute atomic E-state index is 0.0789. The molecular weight excluding hydrogens is 386 g/mol. The van der Waals surface area contributed by atoms with E-state index in [4.69, 9.17) is 11.6 Å². The van der Waals surface area contributed by atoms with Crippen LogP contribution in [0, 0.1) is 6.92 Å². The molecule has 1 aliphatic heterocycles. The second-order valence-corrected chi connectivity index (χ2v) is 7.93. The van der Waals surface area contributed by atoms with Crippen LogP contribution in [0.25, 0.3) is 0 Å². The van der Waals surface area contributed by atoms with E-state index in [1.165, 1.54) is 0 Å². The lowest BCUT2D eigenvalue weighted by atomic mass is 9.75. The van der Waals surface area contributed by atoms with Crippen molar-refractivity contribution in [3.05, 3.63) is 81.3 Å². The Labute approximate surface area is 174 Å². The van der Waals surface area contributed by atoms with E-state index in [9.17, 15) is 9.59 Å². The predicted octanol–water partition coefficient (Wildman–Crippen LogP) is 4.65. The van der Waals surface area contributed by atoms with Gasteiger partial charge < -0.3 is 10.6 Å². The standard InChI is InChI=1S/C23H22ClN3O2/c1-13-9-10-25-19(11-13)27-23(29)20-14(2)26-17-7-4-8-18(28)22(17)21(20)15-5-3-6-16(24)12-15/h3,5-6,9-12,21,26H,4,7-8H2,1-2H3,(H,25,27,29)/t21-/m0/s1. The lowest BCUT2D eigenvalue weighted by Gasteiger charge is -2.34. The number of hydrogen-bond donors (Lipinski definition) is 2. The third-order valence-electron chi connectivity index (χ3n) is 5.36. The molecule has 1 aromatic carbocycles. The molecule has 2 heterocycles. The molecule has 6 heteroatoms. The van der Waals surface area contributed by atoms with Gasteiger partial charge in [-0.05, 0) is 62.1 Å². The summed E-state index contributed by atoms with van der Waals surface area (Å²) in [6.45, 7) is 3.82. The van der Waals surface area contributed by atoms with E-state index >= 15 is 0 Å². The summed E-state index contributed by atoms with van der Waals surface area (Å²) in [7, 11) is 0. The van der Waals surface area contributed by atoms with Crippen LogP contribution < -0.4 is 10.6 Å². The highest BCUT2D eigenvalue weighted by Gasteiger charge is 2.38. The molecule has 1 aliphatic carbocycles. The number of dihydropyridines is 1. The summed E-state index contributed by atoms with van der Waals surface area (Å²) in [5.41, 5.74) is 4.68. The van der Waals surface area contributed by atoms with Gasteiger partial charge in [0.05, 0.1) is 0 Å². The van der Waals surface area contributed by atoms with Crippen LogP contribution in [0.4, 0.5) is 5.82 Å². The molecule has 2 aliphatic rings. The smallest absolute Gasteiger partial charge is 0.255 e. The van der Waals surface area contributed by atoms with Crippen LogP contribution in [0.1, 0.15) is 43.2 Å². The van der Waals surface area contributed by atoms with Gasteiger partial charge in [0.1, 0.15) is 5.82 Å². The number of carbonyl (C=O) groups excluding carboxylic acids is 2. The van der Waals surface area contributed by atoms with Crippen molar-refractivity contribution in [3.8, 4) is 0 Å². The fourth-order valence-electron chi connectivity index (χ4n) is 4.09. The number of rotatable bonds is 3. The van der Waals surface area contributed by atoms with E-state index in [2.05, 4.69) is 15.6 Å². The van der Waals surface area contributed by atoms with Gasteiger partial charge in [0.2, 0.25) is 0 Å². The number of nitrogens with one attached hydrogen (secondary N) is 2. The summed E-state index contributed by atoms with van der Waals surface area (Å²) < 4.78 is 0. The predicted molar refractivity (Wildman–Crippen MR) is 114 cm³/mol. The highest BCUT2D eigenvalue weighted by atomic mass is 35.5. The van der Waals surface area contributed by atoms with Crippen molar-refractivity contribution < 1.29 is 9.59 Å². The largest absolute Gasteiger partial charge is 0.362 e. The monoisotopic (exact) mass is 407 g/mol. The van der Waals surface area contributed by atoms with Crippen molar-refractivity contribution in [1.29, 1.82) is 0 Å². The molecule has 2 aromatic rings. The summed E-state index contributed by atoms with van der Waals surface area (Å²) in [4.78, 5) is 30.4. The molecule has 0 spiro atoms. The maximum Gasteiger partial charge on any atom is 0.255 e. The Bertz CT molecular complexity index is 1070. The average molecular weight is 408 g/mol. The van der Waals surface area contributed by atoms with Crippen molar-refractivity contribution in [1.82, 2.24) is 10.3 Å². The number of halogens is 1. The molecule has 1 aromatic heterocycles. The van der Waals surface area contributed by atoms with Crippen LogP contribution in [0.5, 0.6) is 0 Å². The van der Waals surface area contributed by atoms with Crippen LogP contribution >= 0.6 is 11.6 Å². The summed E-state index contributed by atoms with van der Waals surface area (Å²) in [5.74, 6) is -0.171. The molecule has 1 atom stereocenters. The summed E-state index contributed by atoms with van der Waals surface area (Å²) in [6.07, 6.45) is 3.76. The molecule has 1 amide bonds. The number of ketones is 1. The van der Waals surface area contributed by atoms with Gasteiger partial charge in [-0.25, -0.2) is 4.98 Å².